The van der Waals surface area contributed by atoms with E-state index in [-0.39, 0.29) is 23.6 Å². The second kappa shape index (κ2) is 7.75. The minimum absolute atomic E-state index is 0.0290. The second-order valence-corrected chi connectivity index (χ2v) is 6.79. The van der Waals surface area contributed by atoms with Crippen LogP contribution >= 0.6 is 23.4 Å². The number of halogens is 1. The van der Waals surface area contributed by atoms with Gasteiger partial charge >= 0.3 is 0 Å². The molecule has 3 rings (SSSR count). The third-order valence-corrected chi connectivity index (χ3v) is 4.95. The predicted molar refractivity (Wildman–Crippen MR) is 99.6 cm³/mol. The lowest BCUT2D eigenvalue weighted by atomic mass is 10.2. The van der Waals surface area contributed by atoms with Crippen molar-refractivity contribution in [1.29, 1.82) is 0 Å². The Bertz CT molecular complexity index is 747. The third kappa shape index (κ3) is 4.43. The fraction of sp³-hybridized carbons (Fsp3) is 0.333. The zero-order valence-electron chi connectivity index (χ0n) is 13.4. The highest BCUT2D eigenvalue weighted by molar-refractivity contribution is 7.99. The smallest absolute Gasteiger partial charge is 0.233 e. The molecule has 1 saturated heterocycles. The van der Waals surface area contributed by atoms with Crippen molar-refractivity contribution in [2.45, 2.75) is 5.16 Å². The Hall–Kier alpha value is -2.26. The molecule has 8 nitrogen and oxygen atoms in total. The number of hydrogen-bond acceptors (Lipinski definition) is 8. The monoisotopic (exact) mass is 379 g/mol. The Labute approximate surface area is 154 Å². The molecule has 1 aromatic heterocycles. The molecule has 0 unspecified atom stereocenters. The highest BCUT2D eigenvalue weighted by Gasteiger charge is 2.22. The molecule has 2 heterocycles. The van der Waals surface area contributed by atoms with Gasteiger partial charge < -0.3 is 21.3 Å². The first-order chi connectivity index (χ1) is 12.0. The molecule has 1 fully saturated rings. The van der Waals surface area contributed by atoms with Crippen molar-refractivity contribution in [3.63, 3.8) is 0 Å². The number of aromatic nitrogens is 3. The van der Waals surface area contributed by atoms with E-state index < -0.39 is 0 Å². The summed E-state index contributed by atoms with van der Waals surface area (Å²) in [6, 6.07) is 7.73. The molecular weight excluding hydrogens is 362 g/mol. The van der Waals surface area contributed by atoms with E-state index in [1.807, 2.05) is 29.2 Å². The van der Waals surface area contributed by atoms with Crippen LogP contribution in [-0.2, 0) is 4.79 Å². The van der Waals surface area contributed by atoms with Gasteiger partial charge in [-0.1, -0.05) is 35.5 Å². The second-order valence-electron chi connectivity index (χ2n) is 5.44. The quantitative estimate of drug-likeness (QED) is 0.760. The van der Waals surface area contributed by atoms with Gasteiger partial charge in [-0.15, -0.1) is 0 Å². The number of nitrogen functional groups attached to an aromatic ring is 2. The van der Waals surface area contributed by atoms with Crippen molar-refractivity contribution in [3.05, 3.63) is 29.3 Å². The van der Waals surface area contributed by atoms with Crippen LogP contribution in [0.1, 0.15) is 0 Å². The highest BCUT2D eigenvalue weighted by Crippen LogP contribution is 2.26. The molecule has 1 amide bonds. The zero-order chi connectivity index (χ0) is 17.8. The van der Waals surface area contributed by atoms with Crippen molar-refractivity contribution >= 4 is 46.9 Å². The van der Waals surface area contributed by atoms with E-state index in [0.29, 0.717) is 18.2 Å². The van der Waals surface area contributed by atoms with Crippen LogP contribution in [-0.4, -0.2) is 57.7 Å². The average Bonchev–Trinajstić information content (AvgIpc) is 2.59. The Morgan fingerprint density at radius 2 is 1.72 bits per heavy atom. The number of anilines is 3. The molecule has 1 aliphatic rings. The fourth-order valence-corrected chi connectivity index (χ4v) is 3.58. The lowest BCUT2D eigenvalue weighted by Gasteiger charge is -2.36. The van der Waals surface area contributed by atoms with Crippen molar-refractivity contribution in [2.24, 2.45) is 0 Å². The van der Waals surface area contributed by atoms with Gasteiger partial charge in [0.25, 0.3) is 0 Å². The lowest BCUT2D eigenvalue weighted by molar-refractivity contribution is -0.128. The van der Waals surface area contributed by atoms with Gasteiger partial charge in [0.15, 0.2) is 5.16 Å². The van der Waals surface area contributed by atoms with Crippen molar-refractivity contribution in [2.75, 3.05) is 48.3 Å². The summed E-state index contributed by atoms with van der Waals surface area (Å²) in [6.07, 6.45) is 0. The molecule has 4 N–H and O–H groups in total. The molecule has 0 spiro atoms. The van der Waals surface area contributed by atoms with Crippen LogP contribution in [0.15, 0.2) is 29.4 Å². The topological polar surface area (TPSA) is 114 Å². The van der Waals surface area contributed by atoms with E-state index in [1.165, 1.54) is 11.8 Å². The van der Waals surface area contributed by atoms with Crippen LogP contribution in [0, 0.1) is 0 Å². The number of para-hydroxylation sites is 1. The summed E-state index contributed by atoms with van der Waals surface area (Å²) in [7, 11) is 0. The van der Waals surface area contributed by atoms with Crippen LogP contribution < -0.4 is 16.4 Å². The van der Waals surface area contributed by atoms with E-state index in [0.717, 1.165) is 23.8 Å². The van der Waals surface area contributed by atoms with Gasteiger partial charge in [0.2, 0.25) is 17.8 Å². The summed E-state index contributed by atoms with van der Waals surface area (Å²) in [5.41, 5.74) is 12.0. The zero-order valence-corrected chi connectivity index (χ0v) is 15.0. The maximum atomic E-state index is 12.4. The van der Waals surface area contributed by atoms with Crippen molar-refractivity contribution in [1.82, 2.24) is 19.9 Å². The van der Waals surface area contributed by atoms with Crippen molar-refractivity contribution < 1.29 is 4.79 Å². The summed E-state index contributed by atoms with van der Waals surface area (Å²) < 4.78 is 0. The largest absolute Gasteiger partial charge is 0.368 e. The van der Waals surface area contributed by atoms with E-state index >= 15 is 0 Å². The molecule has 0 radical (unpaired) electrons. The minimum Gasteiger partial charge on any atom is -0.368 e. The third-order valence-electron chi connectivity index (χ3n) is 3.80. The number of carbonyl (C=O) groups is 1. The van der Waals surface area contributed by atoms with Crippen molar-refractivity contribution in [3.8, 4) is 0 Å². The standard InChI is InChI=1S/C15H18ClN7OS/c16-10-3-1-2-4-11(10)22-5-7-23(8-6-22)12(24)9-25-15-20-13(17)19-14(18)21-15/h1-4H,5-9H2,(H4,17,18,19,20,21). The molecule has 1 aliphatic heterocycles. The molecule has 0 bridgehead atoms. The fourth-order valence-electron chi connectivity index (χ4n) is 2.58. The predicted octanol–water partition coefficient (Wildman–Crippen LogP) is 1.13. The number of nitrogens with zero attached hydrogens (tertiary/aromatic N) is 5. The van der Waals surface area contributed by atoms with Crippen LogP contribution in [0.2, 0.25) is 5.02 Å². The van der Waals surface area contributed by atoms with E-state index in [4.69, 9.17) is 23.1 Å². The van der Waals surface area contributed by atoms with Gasteiger partial charge in [0, 0.05) is 26.2 Å². The molecule has 10 heteroatoms. The Kier molecular flexibility index (Phi) is 5.44. The number of rotatable bonds is 4. The average molecular weight is 380 g/mol. The number of thioether (sulfide) groups is 1. The Morgan fingerprint density at radius 1 is 1.08 bits per heavy atom. The highest BCUT2D eigenvalue weighted by atomic mass is 35.5. The Balaban J connectivity index is 1.52. The van der Waals surface area contributed by atoms with E-state index in [9.17, 15) is 4.79 Å². The van der Waals surface area contributed by atoms with Gasteiger partial charge in [-0.3, -0.25) is 4.79 Å². The molecule has 0 aliphatic carbocycles. The van der Waals surface area contributed by atoms with Gasteiger partial charge in [0.05, 0.1) is 16.5 Å². The molecule has 2 aromatic rings. The van der Waals surface area contributed by atoms with Gasteiger partial charge in [-0.2, -0.15) is 15.0 Å². The van der Waals surface area contributed by atoms with Crippen LogP contribution in [0.25, 0.3) is 0 Å². The normalized spacial score (nSPS) is 14.6. The first kappa shape index (κ1) is 17.6. The maximum Gasteiger partial charge on any atom is 0.233 e. The molecule has 0 saturated carbocycles. The number of amides is 1. The maximum absolute atomic E-state index is 12.4. The lowest BCUT2D eigenvalue weighted by Crippen LogP contribution is -2.49. The number of piperazine rings is 1. The molecule has 0 atom stereocenters. The number of hydrogen-bond donors (Lipinski definition) is 2. The summed E-state index contributed by atoms with van der Waals surface area (Å²) in [4.78, 5) is 28.0. The van der Waals surface area contributed by atoms with Crippen LogP contribution in [0.3, 0.4) is 0 Å². The SMILES string of the molecule is Nc1nc(N)nc(SCC(=O)N2CCN(c3ccccc3Cl)CC2)n1. The summed E-state index contributed by atoms with van der Waals surface area (Å²) in [5.74, 6) is 0.364. The Morgan fingerprint density at radius 3 is 2.36 bits per heavy atom. The van der Waals surface area contributed by atoms with Crippen LogP contribution in [0.5, 0.6) is 0 Å². The van der Waals surface area contributed by atoms with E-state index in [2.05, 4.69) is 19.9 Å². The summed E-state index contributed by atoms with van der Waals surface area (Å²) in [5, 5.41) is 1.08. The van der Waals surface area contributed by atoms with Crippen LogP contribution in [0.4, 0.5) is 17.6 Å². The van der Waals surface area contributed by atoms with E-state index in [1.54, 1.807) is 0 Å². The summed E-state index contributed by atoms with van der Waals surface area (Å²) in [6.45, 7) is 2.77. The number of nitrogens with two attached hydrogens (primary N) is 2. The number of carbonyl (C=O) groups excluding carboxylic acids is 1. The first-order valence-electron chi connectivity index (χ1n) is 7.70. The molecule has 132 valence electrons. The minimum atomic E-state index is 0.0290. The molecular formula is C15H18ClN7OS. The van der Waals surface area contributed by atoms with Gasteiger partial charge in [-0.25, -0.2) is 0 Å². The molecule has 25 heavy (non-hydrogen) atoms. The first-order valence-corrected chi connectivity index (χ1v) is 9.06. The van der Waals surface area contributed by atoms with Gasteiger partial charge in [0.1, 0.15) is 0 Å². The number of benzene rings is 1. The molecule has 1 aromatic carbocycles. The summed E-state index contributed by atoms with van der Waals surface area (Å²) >= 11 is 7.44. The van der Waals surface area contributed by atoms with Gasteiger partial charge in [-0.05, 0) is 12.1 Å².